The largest absolute Gasteiger partial charge is 0.440 e. The Kier molecular flexibility index (Phi) is 4.20. The Hall–Kier alpha value is -2.99. The third-order valence-corrected chi connectivity index (χ3v) is 5.55. The summed E-state index contributed by atoms with van der Waals surface area (Å²) in [7, 11) is 0. The maximum Gasteiger partial charge on any atom is 0.275 e. The van der Waals surface area contributed by atoms with E-state index in [4.69, 9.17) is 4.42 Å². The topological polar surface area (TPSA) is 64.2 Å². The number of nitrogens with zero attached hydrogens (tertiary/aromatic N) is 4. The summed E-state index contributed by atoms with van der Waals surface area (Å²) in [6, 6.07) is 15.5. The average molecular weight is 374 g/mol. The van der Waals surface area contributed by atoms with Crippen LogP contribution >= 0.6 is 0 Å². The second kappa shape index (κ2) is 6.87. The highest BCUT2D eigenvalue weighted by molar-refractivity contribution is 5.83. The summed E-state index contributed by atoms with van der Waals surface area (Å²) < 4.78 is 7.57. The summed E-state index contributed by atoms with van der Waals surface area (Å²) >= 11 is 0. The molecule has 1 aliphatic rings. The first-order valence-corrected chi connectivity index (χ1v) is 9.73. The standard InChI is InChI=1S/C22H22N4O2/c1-15-17-8-2-3-9-18(17)22(27)26(24-15)14-25-12-6-7-16(13-25)21-23-19-10-4-5-11-20(19)28-21/h2-5,8-11,16H,6-7,12-14H2,1H3. The number of oxazole rings is 1. The van der Waals surface area contributed by atoms with Crippen LogP contribution in [0.4, 0.5) is 0 Å². The number of likely N-dealkylation sites (tertiary alicyclic amines) is 1. The molecule has 1 unspecified atom stereocenters. The first kappa shape index (κ1) is 17.1. The summed E-state index contributed by atoms with van der Waals surface area (Å²) in [5, 5.41) is 6.20. The van der Waals surface area contributed by atoms with Gasteiger partial charge in [-0.2, -0.15) is 5.10 Å². The summed E-state index contributed by atoms with van der Waals surface area (Å²) in [6.45, 7) is 4.19. The van der Waals surface area contributed by atoms with Gasteiger partial charge in [0.05, 0.1) is 17.7 Å². The molecule has 1 fully saturated rings. The van der Waals surface area contributed by atoms with E-state index in [1.807, 2.05) is 55.5 Å². The van der Waals surface area contributed by atoms with Crippen LogP contribution in [0.25, 0.3) is 21.9 Å². The summed E-state index contributed by atoms with van der Waals surface area (Å²) in [4.78, 5) is 19.8. The fourth-order valence-electron chi connectivity index (χ4n) is 4.14. The van der Waals surface area contributed by atoms with Crippen molar-refractivity contribution in [3.63, 3.8) is 0 Å². The van der Waals surface area contributed by atoms with Gasteiger partial charge in [-0.05, 0) is 44.5 Å². The van der Waals surface area contributed by atoms with Crippen molar-refractivity contribution in [1.82, 2.24) is 19.7 Å². The number of benzene rings is 2. The van der Waals surface area contributed by atoms with Crippen LogP contribution < -0.4 is 5.56 Å². The van der Waals surface area contributed by atoms with Crippen molar-refractivity contribution in [3.8, 4) is 0 Å². The van der Waals surface area contributed by atoms with Crippen molar-refractivity contribution >= 4 is 21.9 Å². The van der Waals surface area contributed by atoms with Gasteiger partial charge in [0.15, 0.2) is 11.5 Å². The second-order valence-corrected chi connectivity index (χ2v) is 7.51. The minimum Gasteiger partial charge on any atom is -0.440 e. The molecule has 4 aromatic rings. The van der Waals surface area contributed by atoms with Gasteiger partial charge in [0.2, 0.25) is 0 Å². The molecule has 0 radical (unpaired) electrons. The lowest BCUT2D eigenvalue weighted by atomic mass is 9.98. The number of para-hydroxylation sites is 2. The molecule has 142 valence electrons. The van der Waals surface area contributed by atoms with Crippen molar-refractivity contribution in [3.05, 3.63) is 70.5 Å². The van der Waals surface area contributed by atoms with Crippen molar-refractivity contribution in [2.75, 3.05) is 13.1 Å². The van der Waals surface area contributed by atoms with E-state index in [9.17, 15) is 4.79 Å². The zero-order chi connectivity index (χ0) is 19.1. The minimum absolute atomic E-state index is 0.0369. The minimum atomic E-state index is -0.0369. The fraction of sp³-hybridized carbons (Fsp3) is 0.318. The van der Waals surface area contributed by atoms with Crippen LogP contribution in [0.1, 0.15) is 30.3 Å². The van der Waals surface area contributed by atoms with E-state index < -0.39 is 0 Å². The predicted molar refractivity (Wildman–Crippen MR) is 108 cm³/mol. The summed E-state index contributed by atoms with van der Waals surface area (Å²) in [5.41, 5.74) is 2.57. The second-order valence-electron chi connectivity index (χ2n) is 7.51. The van der Waals surface area contributed by atoms with Crippen molar-refractivity contribution in [1.29, 1.82) is 0 Å². The molecule has 0 saturated carbocycles. The van der Waals surface area contributed by atoms with E-state index in [2.05, 4.69) is 15.0 Å². The monoisotopic (exact) mass is 374 g/mol. The Morgan fingerprint density at radius 1 is 1.11 bits per heavy atom. The van der Waals surface area contributed by atoms with Crippen molar-refractivity contribution in [2.24, 2.45) is 0 Å². The Balaban J connectivity index is 1.41. The van der Waals surface area contributed by atoms with E-state index in [0.717, 1.165) is 59.4 Å². The van der Waals surface area contributed by atoms with Crippen LogP contribution in [0.5, 0.6) is 0 Å². The zero-order valence-corrected chi connectivity index (χ0v) is 15.8. The lowest BCUT2D eigenvalue weighted by molar-refractivity contribution is 0.145. The smallest absolute Gasteiger partial charge is 0.275 e. The quantitative estimate of drug-likeness (QED) is 0.547. The molecule has 0 bridgehead atoms. The highest BCUT2D eigenvalue weighted by Crippen LogP contribution is 2.29. The average Bonchev–Trinajstić information content (AvgIpc) is 3.16. The van der Waals surface area contributed by atoms with Gasteiger partial charge in [-0.25, -0.2) is 9.67 Å². The predicted octanol–water partition coefficient (Wildman–Crippen LogP) is 3.68. The van der Waals surface area contributed by atoms with Gasteiger partial charge in [0, 0.05) is 17.8 Å². The molecule has 3 heterocycles. The van der Waals surface area contributed by atoms with Crippen LogP contribution in [-0.4, -0.2) is 32.8 Å². The first-order chi connectivity index (χ1) is 13.7. The van der Waals surface area contributed by atoms with Gasteiger partial charge in [-0.1, -0.05) is 30.3 Å². The molecule has 1 aliphatic heterocycles. The molecule has 2 aromatic carbocycles. The number of piperidine rings is 1. The van der Waals surface area contributed by atoms with Gasteiger partial charge in [-0.15, -0.1) is 0 Å². The van der Waals surface area contributed by atoms with E-state index in [-0.39, 0.29) is 11.5 Å². The van der Waals surface area contributed by atoms with E-state index in [0.29, 0.717) is 6.67 Å². The maximum absolute atomic E-state index is 12.9. The number of aryl methyl sites for hydroxylation is 1. The van der Waals surface area contributed by atoms with Gasteiger partial charge >= 0.3 is 0 Å². The summed E-state index contributed by atoms with van der Waals surface area (Å²) in [6.07, 6.45) is 2.09. The molecule has 0 spiro atoms. The van der Waals surface area contributed by atoms with E-state index in [1.165, 1.54) is 0 Å². The van der Waals surface area contributed by atoms with E-state index >= 15 is 0 Å². The number of hydrogen-bond acceptors (Lipinski definition) is 5. The Labute approximate surface area is 162 Å². The number of fused-ring (bicyclic) bond motifs is 2. The Morgan fingerprint density at radius 3 is 2.75 bits per heavy atom. The van der Waals surface area contributed by atoms with Gasteiger partial charge in [0.25, 0.3) is 5.56 Å². The molecular weight excluding hydrogens is 352 g/mol. The number of hydrogen-bond donors (Lipinski definition) is 0. The molecule has 1 atom stereocenters. The van der Waals surface area contributed by atoms with E-state index in [1.54, 1.807) is 4.68 Å². The highest BCUT2D eigenvalue weighted by Gasteiger charge is 2.26. The lowest BCUT2D eigenvalue weighted by Gasteiger charge is -2.31. The molecule has 0 N–H and O–H groups in total. The maximum atomic E-state index is 12.9. The molecule has 6 nitrogen and oxygen atoms in total. The third-order valence-electron chi connectivity index (χ3n) is 5.55. The zero-order valence-electron chi connectivity index (χ0n) is 15.8. The molecule has 2 aromatic heterocycles. The van der Waals surface area contributed by atoms with Gasteiger partial charge in [-0.3, -0.25) is 9.69 Å². The molecule has 1 saturated heterocycles. The molecule has 6 heteroatoms. The van der Waals surface area contributed by atoms with Gasteiger partial charge < -0.3 is 4.42 Å². The van der Waals surface area contributed by atoms with Crippen LogP contribution in [0.15, 0.2) is 57.7 Å². The fourth-order valence-corrected chi connectivity index (χ4v) is 4.14. The van der Waals surface area contributed by atoms with Crippen molar-refractivity contribution < 1.29 is 4.42 Å². The number of rotatable bonds is 3. The van der Waals surface area contributed by atoms with Gasteiger partial charge in [0.1, 0.15) is 5.52 Å². The highest BCUT2D eigenvalue weighted by atomic mass is 16.3. The van der Waals surface area contributed by atoms with Crippen molar-refractivity contribution in [2.45, 2.75) is 32.4 Å². The van der Waals surface area contributed by atoms with Crippen LogP contribution in [0.3, 0.4) is 0 Å². The van der Waals surface area contributed by atoms with Crippen LogP contribution in [-0.2, 0) is 6.67 Å². The molecule has 0 amide bonds. The first-order valence-electron chi connectivity index (χ1n) is 9.73. The molecule has 28 heavy (non-hydrogen) atoms. The normalized spacial score (nSPS) is 18.1. The number of aromatic nitrogens is 3. The SMILES string of the molecule is Cc1nn(CN2CCCC(c3nc4ccccc4o3)C2)c(=O)c2ccccc12. The Morgan fingerprint density at radius 2 is 1.89 bits per heavy atom. The third kappa shape index (κ3) is 2.99. The van der Waals surface area contributed by atoms with Crippen LogP contribution in [0.2, 0.25) is 0 Å². The lowest BCUT2D eigenvalue weighted by Crippen LogP contribution is -2.39. The Bertz CT molecular complexity index is 1180. The molecular formula is C22H22N4O2. The molecule has 5 rings (SSSR count). The molecule has 0 aliphatic carbocycles. The van der Waals surface area contributed by atoms with Crippen LogP contribution in [0, 0.1) is 6.92 Å². The summed E-state index contributed by atoms with van der Waals surface area (Å²) in [5.74, 6) is 1.03.